The number of aromatic nitrogens is 1. The van der Waals surface area contributed by atoms with Crippen molar-refractivity contribution in [3.05, 3.63) is 142 Å². The minimum absolute atomic E-state index is 0.158. The Labute approximate surface area is 229 Å². The molecular formula is C31H25NO8. The fourth-order valence-corrected chi connectivity index (χ4v) is 4.39. The van der Waals surface area contributed by atoms with Crippen LogP contribution in [-0.2, 0) is 18.9 Å². The molecule has 1 aromatic heterocycles. The molecule has 4 aromatic rings. The van der Waals surface area contributed by atoms with Crippen molar-refractivity contribution in [1.82, 2.24) is 4.98 Å². The molecule has 1 aliphatic heterocycles. The number of hydrogen-bond donors (Lipinski definition) is 1. The first-order valence-electron chi connectivity index (χ1n) is 12.6. The standard InChI is InChI=1S/C31H25NO8/c33-28-23(17-10-18-32-28)25-27(40-31(36)22-15-8-3-9-16-22)26(39-30(35)21-13-6-2-7-14-21)24(38-25)19-37-29(34)20-11-4-1-5-12-20/h1-18,24-27H,19H2,(H,32,33)/t24-,25+,26-,27+/m1/s1. The van der Waals surface area contributed by atoms with Crippen LogP contribution in [0.3, 0.4) is 0 Å². The summed E-state index contributed by atoms with van der Waals surface area (Å²) in [5, 5.41) is 0. The summed E-state index contributed by atoms with van der Waals surface area (Å²) < 4.78 is 23.4. The number of benzene rings is 3. The summed E-state index contributed by atoms with van der Waals surface area (Å²) in [4.78, 5) is 54.3. The van der Waals surface area contributed by atoms with Gasteiger partial charge in [0, 0.05) is 11.8 Å². The van der Waals surface area contributed by atoms with Crippen molar-refractivity contribution in [2.75, 3.05) is 6.61 Å². The highest BCUT2D eigenvalue weighted by Gasteiger charge is 2.51. The number of rotatable bonds is 8. The van der Waals surface area contributed by atoms with Crippen molar-refractivity contribution in [3.63, 3.8) is 0 Å². The van der Waals surface area contributed by atoms with Gasteiger partial charge in [-0.15, -0.1) is 0 Å². The quantitative estimate of drug-likeness (QED) is 0.262. The molecule has 5 rings (SSSR count). The van der Waals surface area contributed by atoms with Crippen molar-refractivity contribution in [2.24, 2.45) is 0 Å². The number of ether oxygens (including phenoxy) is 4. The normalized spacial score (nSPS) is 19.9. The van der Waals surface area contributed by atoms with Gasteiger partial charge in [-0.3, -0.25) is 4.79 Å². The fraction of sp³-hybridized carbons (Fsp3) is 0.161. The van der Waals surface area contributed by atoms with Gasteiger partial charge in [0.05, 0.1) is 16.7 Å². The van der Waals surface area contributed by atoms with E-state index in [2.05, 4.69) is 4.98 Å². The van der Waals surface area contributed by atoms with E-state index in [9.17, 15) is 19.2 Å². The molecule has 1 saturated heterocycles. The van der Waals surface area contributed by atoms with E-state index >= 15 is 0 Å². The van der Waals surface area contributed by atoms with E-state index in [0.717, 1.165) is 0 Å². The largest absolute Gasteiger partial charge is 0.459 e. The van der Waals surface area contributed by atoms with E-state index in [4.69, 9.17) is 18.9 Å². The van der Waals surface area contributed by atoms with Gasteiger partial charge in [-0.25, -0.2) is 14.4 Å². The summed E-state index contributed by atoms with van der Waals surface area (Å²) in [6.45, 7) is -0.332. The number of pyridine rings is 1. The van der Waals surface area contributed by atoms with Crippen LogP contribution in [0.2, 0.25) is 0 Å². The van der Waals surface area contributed by atoms with Crippen molar-refractivity contribution in [2.45, 2.75) is 24.4 Å². The molecule has 1 fully saturated rings. The Morgan fingerprint density at radius 3 is 1.68 bits per heavy atom. The molecule has 0 spiro atoms. The summed E-state index contributed by atoms with van der Waals surface area (Å²) in [7, 11) is 0. The highest BCUT2D eigenvalue weighted by molar-refractivity contribution is 5.91. The van der Waals surface area contributed by atoms with Crippen LogP contribution < -0.4 is 5.56 Å². The molecule has 3 aromatic carbocycles. The number of carbonyl (C=O) groups excluding carboxylic acids is 3. The Morgan fingerprint density at radius 2 is 1.15 bits per heavy atom. The van der Waals surface area contributed by atoms with Crippen LogP contribution in [-0.4, -0.2) is 47.8 Å². The third kappa shape index (κ3) is 6.00. The van der Waals surface area contributed by atoms with Gasteiger partial charge in [-0.2, -0.15) is 0 Å². The minimum atomic E-state index is -1.23. The Bertz CT molecular complexity index is 1520. The molecule has 0 radical (unpaired) electrons. The van der Waals surface area contributed by atoms with Crippen LogP contribution in [0.5, 0.6) is 0 Å². The van der Waals surface area contributed by atoms with E-state index in [1.165, 1.54) is 12.3 Å². The van der Waals surface area contributed by atoms with Crippen molar-refractivity contribution in [1.29, 1.82) is 0 Å². The monoisotopic (exact) mass is 539 g/mol. The van der Waals surface area contributed by atoms with Gasteiger partial charge in [0.25, 0.3) is 5.56 Å². The highest BCUT2D eigenvalue weighted by atomic mass is 16.6. The van der Waals surface area contributed by atoms with Gasteiger partial charge < -0.3 is 23.9 Å². The van der Waals surface area contributed by atoms with Crippen molar-refractivity contribution >= 4 is 17.9 Å². The molecule has 0 unspecified atom stereocenters. The maximum atomic E-state index is 13.1. The molecule has 0 aliphatic carbocycles. The van der Waals surface area contributed by atoms with Gasteiger partial charge in [-0.1, -0.05) is 54.6 Å². The van der Waals surface area contributed by atoms with E-state index in [0.29, 0.717) is 5.56 Å². The van der Waals surface area contributed by atoms with Crippen molar-refractivity contribution in [3.8, 4) is 0 Å². The lowest BCUT2D eigenvalue weighted by Gasteiger charge is -2.24. The number of esters is 3. The summed E-state index contributed by atoms with van der Waals surface area (Å²) >= 11 is 0. The summed E-state index contributed by atoms with van der Waals surface area (Å²) in [5.41, 5.74) is 0.530. The number of hydrogen-bond acceptors (Lipinski definition) is 8. The number of nitrogens with one attached hydrogen (secondary N) is 1. The lowest BCUT2D eigenvalue weighted by atomic mass is 10.0. The Balaban J connectivity index is 1.48. The van der Waals surface area contributed by atoms with Gasteiger partial charge in [0.1, 0.15) is 18.8 Å². The Hall–Kier alpha value is -5.02. The van der Waals surface area contributed by atoms with Crippen LogP contribution in [0, 0.1) is 0 Å². The molecule has 9 nitrogen and oxygen atoms in total. The molecule has 202 valence electrons. The maximum absolute atomic E-state index is 13.1. The maximum Gasteiger partial charge on any atom is 0.338 e. The van der Waals surface area contributed by atoms with Gasteiger partial charge >= 0.3 is 17.9 Å². The molecule has 40 heavy (non-hydrogen) atoms. The van der Waals surface area contributed by atoms with Gasteiger partial charge in [-0.05, 0) is 48.5 Å². The molecule has 9 heteroatoms. The van der Waals surface area contributed by atoms with E-state index in [1.54, 1.807) is 97.1 Å². The molecule has 0 saturated carbocycles. The third-order valence-corrected chi connectivity index (χ3v) is 6.36. The lowest BCUT2D eigenvalue weighted by molar-refractivity contribution is -0.0450. The SMILES string of the molecule is O=C(OC[C@H]1O[C@@H](c2ccc[nH]c2=O)[C@H](OC(=O)c2ccccc2)[C@@H]1OC(=O)c1ccccc1)c1ccccc1. The molecular weight excluding hydrogens is 514 g/mol. The first-order valence-corrected chi connectivity index (χ1v) is 12.6. The first kappa shape index (κ1) is 26.6. The number of aromatic amines is 1. The zero-order valence-corrected chi connectivity index (χ0v) is 21.2. The summed E-state index contributed by atoms with van der Waals surface area (Å²) in [5.74, 6) is -2.01. The average molecular weight is 540 g/mol. The molecule has 0 bridgehead atoms. The van der Waals surface area contributed by atoms with Crippen molar-refractivity contribution < 1.29 is 33.3 Å². The molecule has 1 aliphatic rings. The first-order chi connectivity index (χ1) is 19.5. The highest BCUT2D eigenvalue weighted by Crippen LogP contribution is 2.37. The summed E-state index contributed by atoms with van der Waals surface area (Å²) in [6, 6.07) is 28.0. The zero-order chi connectivity index (χ0) is 27.9. The summed E-state index contributed by atoms with van der Waals surface area (Å²) in [6.07, 6.45) is -3.17. The molecule has 0 amide bonds. The Kier molecular flexibility index (Phi) is 8.13. The number of H-pyrrole nitrogens is 1. The molecule has 1 N–H and O–H groups in total. The van der Waals surface area contributed by atoms with Crippen LogP contribution >= 0.6 is 0 Å². The minimum Gasteiger partial charge on any atom is -0.459 e. The Morgan fingerprint density at radius 1 is 0.650 bits per heavy atom. The number of carbonyl (C=O) groups is 3. The van der Waals surface area contributed by atoms with Crippen LogP contribution in [0.4, 0.5) is 0 Å². The second kappa shape index (κ2) is 12.2. The third-order valence-electron chi connectivity index (χ3n) is 6.36. The topological polar surface area (TPSA) is 121 Å². The lowest BCUT2D eigenvalue weighted by Crippen LogP contribution is -2.41. The van der Waals surface area contributed by atoms with Gasteiger partial charge in [0.15, 0.2) is 12.2 Å². The van der Waals surface area contributed by atoms with E-state index in [1.807, 2.05) is 0 Å². The van der Waals surface area contributed by atoms with E-state index < -0.39 is 47.9 Å². The van der Waals surface area contributed by atoms with Crippen LogP contribution in [0.25, 0.3) is 0 Å². The second-order valence-corrected chi connectivity index (χ2v) is 8.99. The zero-order valence-electron chi connectivity index (χ0n) is 21.2. The predicted molar refractivity (Wildman–Crippen MR) is 143 cm³/mol. The van der Waals surface area contributed by atoms with Crippen LogP contribution in [0.1, 0.15) is 42.7 Å². The smallest absolute Gasteiger partial charge is 0.338 e. The average Bonchev–Trinajstić information content (AvgIpc) is 3.33. The fourth-order valence-electron chi connectivity index (χ4n) is 4.39. The molecule has 2 heterocycles. The van der Waals surface area contributed by atoms with Gasteiger partial charge in [0.2, 0.25) is 0 Å². The predicted octanol–water partition coefficient (Wildman–Crippen LogP) is 4.12. The molecule has 4 atom stereocenters. The van der Waals surface area contributed by atoms with E-state index in [-0.39, 0.29) is 23.3 Å². The second-order valence-electron chi connectivity index (χ2n) is 8.99. The van der Waals surface area contributed by atoms with Crippen LogP contribution in [0.15, 0.2) is 114 Å².